The number of carbonyl (C=O) groups is 1. The summed E-state index contributed by atoms with van der Waals surface area (Å²) in [7, 11) is 0. The van der Waals surface area contributed by atoms with Crippen molar-refractivity contribution in [3.8, 4) is 5.75 Å². The van der Waals surface area contributed by atoms with Crippen LogP contribution in [0.5, 0.6) is 5.75 Å². The molecule has 2 rings (SSSR count). The fourth-order valence-corrected chi connectivity index (χ4v) is 2.00. The third kappa shape index (κ3) is 3.38. The normalized spacial score (nSPS) is 11.9. The van der Waals surface area contributed by atoms with Crippen molar-refractivity contribution >= 4 is 5.97 Å². The molecule has 0 saturated carbocycles. The predicted molar refractivity (Wildman–Crippen MR) is 78.2 cm³/mol. The summed E-state index contributed by atoms with van der Waals surface area (Å²) in [5, 5.41) is 9.36. The van der Waals surface area contributed by atoms with Gasteiger partial charge < -0.3 is 9.84 Å². The molecule has 0 saturated heterocycles. The highest BCUT2D eigenvalue weighted by atomic mass is 16.5. The molecule has 0 aromatic heterocycles. The zero-order chi connectivity index (χ0) is 14.5. The predicted octanol–water partition coefficient (Wildman–Crippen LogP) is 3.55. The Balaban J connectivity index is 2.13. The second-order valence-corrected chi connectivity index (χ2v) is 4.88. The molecule has 20 heavy (non-hydrogen) atoms. The quantitative estimate of drug-likeness (QED) is 0.903. The van der Waals surface area contributed by atoms with Crippen molar-refractivity contribution in [1.82, 2.24) is 0 Å². The minimum atomic E-state index is -0.873. The van der Waals surface area contributed by atoms with Crippen LogP contribution in [-0.2, 0) is 4.79 Å². The van der Waals surface area contributed by atoms with E-state index in [9.17, 15) is 9.90 Å². The van der Waals surface area contributed by atoms with Crippen molar-refractivity contribution in [3.05, 3.63) is 65.2 Å². The van der Waals surface area contributed by atoms with E-state index in [1.54, 1.807) is 0 Å². The number of ether oxygens (including phenoxy) is 1. The van der Waals surface area contributed by atoms with Gasteiger partial charge in [0.25, 0.3) is 0 Å². The van der Waals surface area contributed by atoms with Crippen LogP contribution < -0.4 is 4.74 Å². The Morgan fingerprint density at radius 2 is 1.75 bits per heavy atom. The summed E-state index contributed by atoms with van der Waals surface area (Å²) in [6.07, 6.45) is 0. The minimum Gasteiger partial charge on any atom is -0.492 e. The highest BCUT2D eigenvalue weighted by Gasteiger charge is 2.20. The van der Waals surface area contributed by atoms with Crippen molar-refractivity contribution in [1.29, 1.82) is 0 Å². The van der Waals surface area contributed by atoms with Crippen LogP contribution in [0.4, 0.5) is 0 Å². The smallest absolute Gasteiger partial charge is 0.314 e. The van der Waals surface area contributed by atoms with Gasteiger partial charge >= 0.3 is 5.97 Å². The Morgan fingerprint density at radius 1 is 1.10 bits per heavy atom. The zero-order valence-electron chi connectivity index (χ0n) is 11.7. The molecular weight excluding hydrogens is 252 g/mol. The van der Waals surface area contributed by atoms with E-state index in [-0.39, 0.29) is 6.61 Å². The zero-order valence-corrected chi connectivity index (χ0v) is 11.7. The van der Waals surface area contributed by atoms with Gasteiger partial charge in [-0.05, 0) is 31.0 Å². The highest BCUT2D eigenvalue weighted by molar-refractivity contribution is 5.76. The lowest BCUT2D eigenvalue weighted by Gasteiger charge is -2.15. The van der Waals surface area contributed by atoms with Crippen molar-refractivity contribution in [2.24, 2.45) is 0 Å². The van der Waals surface area contributed by atoms with Crippen molar-refractivity contribution in [2.45, 2.75) is 19.8 Å². The molecule has 0 bridgehead atoms. The number of benzene rings is 2. The lowest BCUT2D eigenvalue weighted by atomic mass is 9.99. The molecule has 0 fully saturated rings. The topological polar surface area (TPSA) is 46.5 Å². The van der Waals surface area contributed by atoms with Gasteiger partial charge in [-0.15, -0.1) is 0 Å². The van der Waals surface area contributed by atoms with Crippen LogP contribution in [0.15, 0.2) is 48.5 Å². The molecule has 0 radical (unpaired) electrons. The Hall–Kier alpha value is -2.29. The first-order chi connectivity index (χ1) is 9.58. The maximum atomic E-state index is 11.4. The first kappa shape index (κ1) is 14.1. The summed E-state index contributed by atoms with van der Waals surface area (Å²) in [6.45, 7) is 4.05. The number of hydrogen-bond acceptors (Lipinski definition) is 2. The third-order valence-corrected chi connectivity index (χ3v) is 3.28. The van der Waals surface area contributed by atoms with Crippen LogP contribution >= 0.6 is 0 Å². The van der Waals surface area contributed by atoms with Gasteiger partial charge in [0.2, 0.25) is 0 Å². The second kappa shape index (κ2) is 6.24. The van der Waals surface area contributed by atoms with E-state index in [1.165, 1.54) is 0 Å². The van der Waals surface area contributed by atoms with Crippen LogP contribution in [0, 0.1) is 13.8 Å². The van der Waals surface area contributed by atoms with Crippen molar-refractivity contribution in [3.63, 3.8) is 0 Å². The van der Waals surface area contributed by atoms with Gasteiger partial charge in [-0.2, -0.15) is 0 Å². The number of carboxylic acids is 1. The van der Waals surface area contributed by atoms with Crippen molar-refractivity contribution < 1.29 is 14.6 Å². The molecule has 2 aromatic carbocycles. The fraction of sp³-hybridized carbons (Fsp3) is 0.235. The minimum absolute atomic E-state index is 0.128. The summed E-state index contributed by atoms with van der Waals surface area (Å²) < 4.78 is 5.66. The Labute approximate surface area is 118 Å². The maximum absolute atomic E-state index is 11.4. The molecule has 0 aliphatic rings. The van der Waals surface area contributed by atoms with Crippen molar-refractivity contribution in [2.75, 3.05) is 6.61 Å². The number of para-hydroxylation sites is 1. The van der Waals surface area contributed by atoms with E-state index in [2.05, 4.69) is 0 Å². The molecule has 104 valence electrons. The largest absolute Gasteiger partial charge is 0.492 e. The number of aliphatic carboxylic acids is 1. The first-order valence-electron chi connectivity index (χ1n) is 6.55. The SMILES string of the molecule is Cc1ccc(C(COc2ccccc2C)C(=O)O)cc1. The van der Waals surface area contributed by atoms with Gasteiger partial charge in [0, 0.05) is 0 Å². The molecule has 1 N–H and O–H groups in total. The first-order valence-corrected chi connectivity index (χ1v) is 6.55. The molecule has 0 heterocycles. The van der Waals surface area contributed by atoms with Gasteiger partial charge in [-0.3, -0.25) is 4.79 Å². The van der Waals surface area contributed by atoms with Gasteiger partial charge in [0.15, 0.2) is 0 Å². The molecule has 0 aliphatic carbocycles. The summed E-state index contributed by atoms with van der Waals surface area (Å²) in [5.41, 5.74) is 2.87. The molecule has 0 spiro atoms. The third-order valence-electron chi connectivity index (χ3n) is 3.28. The lowest BCUT2D eigenvalue weighted by molar-refractivity contribution is -0.139. The Morgan fingerprint density at radius 3 is 2.35 bits per heavy atom. The van der Waals surface area contributed by atoms with E-state index in [1.807, 2.05) is 62.4 Å². The second-order valence-electron chi connectivity index (χ2n) is 4.88. The van der Waals surface area contributed by atoms with Crippen LogP contribution in [0.25, 0.3) is 0 Å². The summed E-state index contributed by atoms with van der Waals surface area (Å²) in [6, 6.07) is 15.1. The van der Waals surface area contributed by atoms with Gasteiger partial charge in [-0.25, -0.2) is 0 Å². The maximum Gasteiger partial charge on any atom is 0.314 e. The van der Waals surface area contributed by atoms with Gasteiger partial charge in [0.1, 0.15) is 18.3 Å². The standard InChI is InChI=1S/C17H18O3/c1-12-7-9-14(10-8-12)15(17(18)19)11-20-16-6-4-3-5-13(16)2/h3-10,15H,11H2,1-2H3,(H,18,19). The van der Waals surface area contributed by atoms with Gasteiger partial charge in [0.05, 0.1) is 0 Å². The number of rotatable bonds is 5. The molecular formula is C17H18O3. The number of carboxylic acid groups (broad SMARTS) is 1. The average molecular weight is 270 g/mol. The molecule has 1 unspecified atom stereocenters. The van der Waals surface area contributed by atoms with E-state index >= 15 is 0 Å². The van der Waals surface area contributed by atoms with Crippen LogP contribution in [0.2, 0.25) is 0 Å². The van der Waals surface area contributed by atoms with E-state index in [0.29, 0.717) is 0 Å². The van der Waals surface area contributed by atoms with E-state index in [4.69, 9.17) is 4.74 Å². The number of aryl methyl sites for hydroxylation is 2. The highest BCUT2D eigenvalue weighted by Crippen LogP contribution is 2.21. The Bertz CT molecular complexity index is 587. The molecule has 0 amide bonds. The molecule has 3 heteroatoms. The molecule has 3 nitrogen and oxygen atoms in total. The molecule has 1 atom stereocenters. The number of hydrogen-bond donors (Lipinski definition) is 1. The van der Waals surface area contributed by atoms with Crippen LogP contribution in [0.3, 0.4) is 0 Å². The monoisotopic (exact) mass is 270 g/mol. The van der Waals surface area contributed by atoms with Crippen LogP contribution in [0.1, 0.15) is 22.6 Å². The fourth-order valence-electron chi connectivity index (χ4n) is 2.00. The molecule has 0 aliphatic heterocycles. The van der Waals surface area contributed by atoms with E-state index < -0.39 is 11.9 Å². The van der Waals surface area contributed by atoms with Crippen LogP contribution in [-0.4, -0.2) is 17.7 Å². The average Bonchev–Trinajstić information content (AvgIpc) is 2.42. The summed E-state index contributed by atoms with van der Waals surface area (Å²) >= 11 is 0. The summed E-state index contributed by atoms with van der Waals surface area (Å²) in [4.78, 5) is 11.4. The molecule has 2 aromatic rings. The lowest BCUT2D eigenvalue weighted by Crippen LogP contribution is -2.19. The Kier molecular flexibility index (Phi) is 4.41. The van der Waals surface area contributed by atoms with Gasteiger partial charge in [-0.1, -0.05) is 48.0 Å². The van der Waals surface area contributed by atoms with E-state index in [0.717, 1.165) is 22.4 Å². The summed E-state index contributed by atoms with van der Waals surface area (Å²) in [5.74, 6) is -0.802.